The highest BCUT2D eigenvalue weighted by atomic mass is 35.5. The van der Waals surface area contributed by atoms with Crippen LogP contribution >= 0.6 is 11.6 Å². The minimum Gasteiger partial charge on any atom is -0.325 e. The van der Waals surface area contributed by atoms with E-state index in [1.54, 1.807) is 12.3 Å². The van der Waals surface area contributed by atoms with Crippen molar-refractivity contribution < 1.29 is 4.39 Å². The van der Waals surface area contributed by atoms with Crippen molar-refractivity contribution in [2.45, 2.75) is 0 Å². The van der Waals surface area contributed by atoms with Crippen molar-refractivity contribution in [1.29, 1.82) is 0 Å². The lowest BCUT2D eigenvalue weighted by atomic mass is 10.3. The van der Waals surface area contributed by atoms with Gasteiger partial charge in [0.1, 0.15) is 5.82 Å². The predicted molar refractivity (Wildman–Crippen MR) is 78.3 cm³/mol. The lowest BCUT2D eigenvalue weighted by Crippen LogP contribution is -2.01. The molecule has 5 heteroatoms. The van der Waals surface area contributed by atoms with Crippen LogP contribution in [0.25, 0.3) is 5.69 Å². The summed E-state index contributed by atoms with van der Waals surface area (Å²) in [5, 5.41) is 3.17. The summed E-state index contributed by atoms with van der Waals surface area (Å²) < 4.78 is 15.3. The normalized spacial score (nSPS) is 10.5. The zero-order valence-electron chi connectivity index (χ0n) is 10.4. The van der Waals surface area contributed by atoms with E-state index >= 15 is 0 Å². The van der Waals surface area contributed by atoms with E-state index in [4.69, 9.17) is 11.6 Å². The van der Waals surface area contributed by atoms with Gasteiger partial charge in [-0.15, -0.1) is 0 Å². The van der Waals surface area contributed by atoms with Crippen LogP contribution in [0.5, 0.6) is 0 Å². The highest BCUT2D eigenvalue weighted by molar-refractivity contribution is 6.30. The first-order chi connectivity index (χ1) is 9.74. The second-order valence-electron chi connectivity index (χ2n) is 4.21. The first-order valence-electron chi connectivity index (χ1n) is 6.05. The zero-order valence-corrected chi connectivity index (χ0v) is 11.2. The molecule has 3 nitrogen and oxygen atoms in total. The Hall–Kier alpha value is -2.33. The van der Waals surface area contributed by atoms with Gasteiger partial charge < -0.3 is 5.32 Å². The molecule has 0 aliphatic heterocycles. The van der Waals surface area contributed by atoms with Gasteiger partial charge in [0, 0.05) is 23.8 Å². The van der Waals surface area contributed by atoms with E-state index in [9.17, 15) is 4.39 Å². The fraction of sp³-hybridized carbons (Fsp3) is 0. The monoisotopic (exact) mass is 287 g/mol. The first kappa shape index (κ1) is 12.7. The molecule has 100 valence electrons. The quantitative estimate of drug-likeness (QED) is 0.773. The molecule has 1 N–H and O–H groups in total. The molecule has 3 aromatic rings. The smallest absolute Gasteiger partial charge is 0.212 e. The number of nitrogens with zero attached hydrogens (tertiary/aromatic N) is 2. The Morgan fingerprint density at radius 2 is 1.90 bits per heavy atom. The summed E-state index contributed by atoms with van der Waals surface area (Å²) in [6.07, 6.45) is 3.52. The number of rotatable bonds is 3. The van der Waals surface area contributed by atoms with Crippen LogP contribution in [0.1, 0.15) is 0 Å². The second-order valence-corrected chi connectivity index (χ2v) is 4.62. The van der Waals surface area contributed by atoms with Gasteiger partial charge in [0.2, 0.25) is 5.95 Å². The van der Waals surface area contributed by atoms with Gasteiger partial charge >= 0.3 is 0 Å². The van der Waals surface area contributed by atoms with Gasteiger partial charge in [0.25, 0.3) is 0 Å². The highest BCUT2D eigenvalue weighted by Crippen LogP contribution is 2.22. The number of anilines is 2. The molecule has 2 aromatic carbocycles. The Balaban J connectivity index is 1.92. The number of hydrogen-bond donors (Lipinski definition) is 1. The molecule has 1 heterocycles. The molecule has 0 amide bonds. The van der Waals surface area contributed by atoms with Crippen molar-refractivity contribution in [3.8, 4) is 5.69 Å². The fourth-order valence-corrected chi connectivity index (χ4v) is 2.01. The molecular weight excluding hydrogens is 277 g/mol. The number of aromatic nitrogens is 2. The molecule has 0 bridgehead atoms. The van der Waals surface area contributed by atoms with Crippen LogP contribution in [0, 0.1) is 5.82 Å². The Kier molecular flexibility index (Phi) is 3.39. The molecular formula is C15H11ClFN3. The van der Waals surface area contributed by atoms with Crippen LogP contribution in [0.15, 0.2) is 60.9 Å². The summed E-state index contributed by atoms with van der Waals surface area (Å²) >= 11 is 5.67. The third kappa shape index (κ3) is 2.51. The van der Waals surface area contributed by atoms with Gasteiger partial charge in [-0.25, -0.2) is 9.37 Å². The van der Waals surface area contributed by atoms with Crippen LogP contribution < -0.4 is 5.32 Å². The van der Waals surface area contributed by atoms with Gasteiger partial charge in [0.05, 0.1) is 5.02 Å². The summed E-state index contributed by atoms with van der Waals surface area (Å²) in [6, 6.07) is 14.3. The topological polar surface area (TPSA) is 29.9 Å². The number of hydrogen-bond acceptors (Lipinski definition) is 2. The summed E-state index contributed by atoms with van der Waals surface area (Å²) in [5.41, 5.74) is 1.57. The molecule has 0 fully saturated rings. The van der Waals surface area contributed by atoms with E-state index in [0.29, 0.717) is 11.6 Å². The first-order valence-corrected chi connectivity index (χ1v) is 6.43. The lowest BCUT2D eigenvalue weighted by Gasteiger charge is -2.10. The van der Waals surface area contributed by atoms with E-state index in [-0.39, 0.29) is 5.02 Å². The van der Waals surface area contributed by atoms with Crippen LogP contribution in [0.2, 0.25) is 5.02 Å². The standard InChI is InChI=1S/C15H11ClFN3/c16-13-7-6-11(10-14(13)17)19-15-18-8-9-20(15)12-4-2-1-3-5-12/h1-10H,(H,18,19). The number of halogens is 2. The fourth-order valence-electron chi connectivity index (χ4n) is 1.90. The van der Waals surface area contributed by atoms with Crippen LogP contribution in [-0.2, 0) is 0 Å². The van der Waals surface area contributed by atoms with E-state index in [0.717, 1.165) is 5.69 Å². The molecule has 0 radical (unpaired) electrons. The summed E-state index contributed by atoms with van der Waals surface area (Å²) in [6.45, 7) is 0. The minimum atomic E-state index is -0.463. The summed E-state index contributed by atoms with van der Waals surface area (Å²) in [4.78, 5) is 4.24. The van der Waals surface area contributed by atoms with Crippen LogP contribution in [0.3, 0.4) is 0 Å². The van der Waals surface area contributed by atoms with Crippen molar-refractivity contribution in [3.05, 3.63) is 71.8 Å². The van der Waals surface area contributed by atoms with Crippen LogP contribution in [0.4, 0.5) is 16.0 Å². The van der Waals surface area contributed by atoms with Gasteiger partial charge in [-0.2, -0.15) is 0 Å². The average molecular weight is 288 g/mol. The average Bonchev–Trinajstić information content (AvgIpc) is 2.92. The predicted octanol–water partition coefficient (Wildman–Crippen LogP) is 4.41. The molecule has 0 saturated heterocycles. The molecule has 0 aliphatic carbocycles. The third-order valence-corrected chi connectivity index (χ3v) is 3.16. The van der Waals surface area contributed by atoms with Crippen molar-refractivity contribution in [2.24, 2.45) is 0 Å². The van der Waals surface area contributed by atoms with Gasteiger partial charge in [-0.05, 0) is 30.3 Å². The SMILES string of the molecule is Fc1cc(Nc2nccn2-c2ccccc2)ccc1Cl. The maximum atomic E-state index is 13.4. The van der Waals surface area contributed by atoms with E-state index in [2.05, 4.69) is 10.3 Å². The maximum absolute atomic E-state index is 13.4. The number of para-hydroxylation sites is 1. The molecule has 0 aliphatic rings. The molecule has 1 aromatic heterocycles. The second kappa shape index (κ2) is 5.35. The van der Waals surface area contributed by atoms with Crippen molar-refractivity contribution in [3.63, 3.8) is 0 Å². The Morgan fingerprint density at radius 3 is 2.65 bits per heavy atom. The lowest BCUT2D eigenvalue weighted by molar-refractivity contribution is 0.629. The minimum absolute atomic E-state index is 0.0990. The number of imidazole rings is 1. The summed E-state index contributed by atoms with van der Waals surface area (Å²) in [7, 11) is 0. The maximum Gasteiger partial charge on any atom is 0.212 e. The van der Waals surface area contributed by atoms with Crippen molar-refractivity contribution in [1.82, 2.24) is 9.55 Å². The van der Waals surface area contributed by atoms with Crippen molar-refractivity contribution >= 4 is 23.2 Å². The van der Waals surface area contributed by atoms with E-state index in [1.807, 2.05) is 41.1 Å². The molecule has 0 saturated carbocycles. The zero-order chi connectivity index (χ0) is 13.9. The largest absolute Gasteiger partial charge is 0.325 e. The molecule has 0 spiro atoms. The Morgan fingerprint density at radius 1 is 1.10 bits per heavy atom. The number of nitrogens with one attached hydrogen (secondary N) is 1. The van der Waals surface area contributed by atoms with E-state index in [1.165, 1.54) is 12.1 Å². The van der Waals surface area contributed by atoms with Crippen LogP contribution in [-0.4, -0.2) is 9.55 Å². The highest BCUT2D eigenvalue weighted by Gasteiger charge is 2.06. The van der Waals surface area contributed by atoms with Gasteiger partial charge in [0.15, 0.2) is 0 Å². The van der Waals surface area contributed by atoms with E-state index < -0.39 is 5.82 Å². The molecule has 20 heavy (non-hydrogen) atoms. The Bertz CT molecular complexity index is 725. The van der Waals surface area contributed by atoms with Crippen molar-refractivity contribution in [2.75, 3.05) is 5.32 Å². The number of benzene rings is 2. The molecule has 3 rings (SSSR count). The van der Waals surface area contributed by atoms with Gasteiger partial charge in [-0.1, -0.05) is 29.8 Å². The summed E-state index contributed by atoms with van der Waals surface area (Å²) in [5.74, 6) is 0.146. The third-order valence-electron chi connectivity index (χ3n) is 2.85. The van der Waals surface area contributed by atoms with Gasteiger partial charge in [-0.3, -0.25) is 4.57 Å². The Labute approximate surface area is 120 Å². The molecule has 0 atom stereocenters. The molecule has 0 unspecified atom stereocenters.